The standard InChI is InChI=1S/C17H24N2O3/c1-12(5-10-16(20)18-22)11-13(2)17(21)14-6-8-15(9-7-14)19(3)4/h5-11,13,16,18,20,22H,1-4H3/b10-5+,12-11-/t13-,16?/m1/s1. The second kappa shape index (κ2) is 8.48. The Kier molecular flexibility index (Phi) is 6.98. The van der Waals surface area contributed by atoms with Crippen LogP contribution in [0.2, 0.25) is 0 Å². The average Bonchev–Trinajstić information content (AvgIpc) is 2.51. The van der Waals surface area contributed by atoms with Gasteiger partial charge in [-0.05, 0) is 37.3 Å². The molecule has 0 heterocycles. The van der Waals surface area contributed by atoms with Gasteiger partial charge in [-0.1, -0.05) is 24.6 Å². The summed E-state index contributed by atoms with van der Waals surface area (Å²) in [6, 6.07) is 7.48. The maximum absolute atomic E-state index is 12.4. The number of ketones is 1. The number of anilines is 1. The number of hydrogen-bond acceptors (Lipinski definition) is 5. The Morgan fingerprint density at radius 1 is 1.27 bits per heavy atom. The summed E-state index contributed by atoms with van der Waals surface area (Å²) >= 11 is 0. The predicted molar refractivity (Wildman–Crippen MR) is 88.1 cm³/mol. The molecule has 22 heavy (non-hydrogen) atoms. The lowest BCUT2D eigenvalue weighted by Crippen LogP contribution is -2.22. The summed E-state index contributed by atoms with van der Waals surface area (Å²) < 4.78 is 0. The van der Waals surface area contributed by atoms with Crippen molar-refractivity contribution in [3.05, 3.63) is 53.6 Å². The minimum Gasteiger partial charge on any atom is -0.378 e. The minimum absolute atomic E-state index is 0.0406. The molecule has 3 N–H and O–H groups in total. The monoisotopic (exact) mass is 304 g/mol. The van der Waals surface area contributed by atoms with E-state index in [0.29, 0.717) is 5.56 Å². The molecule has 0 saturated heterocycles. The third kappa shape index (κ3) is 5.44. The van der Waals surface area contributed by atoms with Crippen LogP contribution in [0.5, 0.6) is 0 Å². The summed E-state index contributed by atoms with van der Waals surface area (Å²) in [5.41, 5.74) is 4.26. The number of nitrogens with zero attached hydrogens (tertiary/aromatic N) is 1. The van der Waals surface area contributed by atoms with Crippen molar-refractivity contribution in [1.82, 2.24) is 5.48 Å². The number of aliphatic hydroxyl groups is 1. The molecule has 120 valence electrons. The molecular formula is C17H24N2O3. The molecule has 0 spiro atoms. The molecule has 1 aromatic carbocycles. The second-order valence-electron chi connectivity index (χ2n) is 5.44. The van der Waals surface area contributed by atoms with E-state index in [1.165, 1.54) is 6.08 Å². The summed E-state index contributed by atoms with van der Waals surface area (Å²) in [5.74, 6) is -0.229. The fraction of sp³-hybridized carbons (Fsp3) is 0.353. The SMILES string of the molecule is CC(=C/[C@@H](C)C(=O)c1ccc(N(C)C)cc1)/C=C/C(O)NO. The molecule has 0 bridgehead atoms. The maximum atomic E-state index is 12.4. The van der Waals surface area contributed by atoms with Crippen LogP contribution in [0.3, 0.4) is 0 Å². The van der Waals surface area contributed by atoms with Gasteiger partial charge >= 0.3 is 0 Å². The molecule has 0 aliphatic heterocycles. The summed E-state index contributed by atoms with van der Waals surface area (Å²) in [5, 5.41) is 17.7. The van der Waals surface area contributed by atoms with Gasteiger partial charge < -0.3 is 15.2 Å². The van der Waals surface area contributed by atoms with Crippen molar-refractivity contribution < 1.29 is 15.1 Å². The van der Waals surface area contributed by atoms with E-state index in [0.717, 1.165) is 11.3 Å². The second-order valence-corrected chi connectivity index (χ2v) is 5.44. The molecule has 0 amide bonds. The highest BCUT2D eigenvalue weighted by Crippen LogP contribution is 2.17. The van der Waals surface area contributed by atoms with Crippen LogP contribution < -0.4 is 10.4 Å². The summed E-state index contributed by atoms with van der Waals surface area (Å²) in [6.45, 7) is 3.67. The van der Waals surface area contributed by atoms with E-state index in [9.17, 15) is 4.79 Å². The van der Waals surface area contributed by atoms with E-state index in [4.69, 9.17) is 10.3 Å². The Morgan fingerprint density at radius 2 is 1.86 bits per heavy atom. The normalized spacial score (nSPS) is 14.9. The zero-order valence-electron chi connectivity index (χ0n) is 13.4. The summed E-state index contributed by atoms with van der Waals surface area (Å²) in [6.07, 6.45) is 3.75. The first kappa shape index (κ1) is 18.1. The van der Waals surface area contributed by atoms with Crippen molar-refractivity contribution in [2.45, 2.75) is 20.1 Å². The van der Waals surface area contributed by atoms with Crippen molar-refractivity contribution in [2.24, 2.45) is 5.92 Å². The van der Waals surface area contributed by atoms with Crippen molar-refractivity contribution >= 4 is 11.5 Å². The minimum atomic E-state index is -1.12. The number of hydrogen-bond donors (Lipinski definition) is 3. The van der Waals surface area contributed by atoms with Gasteiger partial charge in [-0.3, -0.25) is 4.79 Å². The van der Waals surface area contributed by atoms with Gasteiger partial charge in [-0.2, -0.15) is 5.48 Å². The van der Waals surface area contributed by atoms with Crippen LogP contribution in [0.4, 0.5) is 5.69 Å². The smallest absolute Gasteiger partial charge is 0.169 e. The van der Waals surface area contributed by atoms with E-state index in [1.807, 2.05) is 63.2 Å². The quantitative estimate of drug-likeness (QED) is 0.312. The first-order valence-electron chi connectivity index (χ1n) is 7.11. The van der Waals surface area contributed by atoms with Gasteiger partial charge in [0.05, 0.1) is 0 Å². The van der Waals surface area contributed by atoms with E-state index >= 15 is 0 Å². The van der Waals surface area contributed by atoms with E-state index in [-0.39, 0.29) is 11.7 Å². The van der Waals surface area contributed by atoms with Crippen molar-refractivity contribution in [2.75, 3.05) is 19.0 Å². The zero-order chi connectivity index (χ0) is 16.7. The van der Waals surface area contributed by atoms with Crippen LogP contribution in [0.15, 0.2) is 48.1 Å². The lowest BCUT2D eigenvalue weighted by atomic mass is 9.97. The van der Waals surface area contributed by atoms with Gasteiger partial charge in [0, 0.05) is 31.3 Å². The number of Topliss-reactive ketones (excluding diaryl/α,β-unsaturated/α-hetero) is 1. The van der Waals surface area contributed by atoms with Crippen molar-refractivity contribution in [3.8, 4) is 0 Å². The number of carbonyl (C=O) groups is 1. The third-order valence-electron chi connectivity index (χ3n) is 3.27. The molecule has 2 atom stereocenters. The molecule has 1 unspecified atom stereocenters. The number of hydroxylamine groups is 1. The Bertz CT molecular complexity index is 548. The highest BCUT2D eigenvalue weighted by molar-refractivity contribution is 5.99. The van der Waals surface area contributed by atoms with Crippen LogP contribution in [0, 0.1) is 5.92 Å². The van der Waals surface area contributed by atoms with Crippen LogP contribution >= 0.6 is 0 Å². The Morgan fingerprint density at radius 3 is 2.36 bits per heavy atom. The van der Waals surface area contributed by atoms with Gasteiger partial charge in [-0.15, -0.1) is 0 Å². The Balaban J connectivity index is 2.77. The predicted octanol–water partition coefficient (Wildman–Crippen LogP) is 2.37. The molecule has 1 aromatic rings. The molecule has 0 aliphatic rings. The number of benzene rings is 1. The van der Waals surface area contributed by atoms with Crippen molar-refractivity contribution in [3.63, 3.8) is 0 Å². The molecule has 0 radical (unpaired) electrons. The van der Waals surface area contributed by atoms with Crippen molar-refractivity contribution in [1.29, 1.82) is 0 Å². The Labute approximate surface area is 131 Å². The highest BCUT2D eigenvalue weighted by atomic mass is 16.5. The molecule has 5 heteroatoms. The van der Waals surface area contributed by atoms with E-state index < -0.39 is 6.23 Å². The molecule has 1 rings (SSSR count). The average molecular weight is 304 g/mol. The number of nitrogens with one attached hydrogen (secondary N) is 1. The number of rotatable bonds is 7. The third-order valence-corrected chi connectivity index (χ3v) is 3.27. The lowest BCUT2D eigenvalue weighted by molar-refractivity contribution is 0.0318. The molecule has 0 fully saturated rings. The molecule has 0 saturated carbocycles. The molecule has 0 aliphatic carbocycles. The van der Waals surface area contributed by atoms with Gasteiger partial charge in [0.25, 0.3) is 0 Å². The van der Waals surface area contributed by atoms with E-state index in [2.05, 4.69) is 0 Å². The fourth-order valence-corrected chi connectivity index (χ4v) is 2.00. The van der Waals surface area contributed by atoms with Gasteiger partial charge in [-0.25, -0.2) is 0 Å². The van der Waals surface area contributed by atoms with E-state index in [1.54, 1.807) is 11.6 Å². The van der Waals surface area contributed by atoms with Crippen LogP contribution in [0.1, 0.15) is 24.2 Å². The first-order valence-corrected chi connectivity index (χ1v) is 7.11. The lowest BCUT2D eigenvalue weighted by Gasteiger charge is -2.13. The maximum Gasteiger partial charge on any atom is 0.169 e. The molecule has 5 nitrogen and oxygen atoms in total. The van der Waals surface area contributed by atoms with Gasteiger partial charge in [0.15, 0.2) is 5.78 Å². The van der Waals surface area contributed by atoms with Gasteiger partial charge in [0.2, 0.25) is 0 Å². The van der Waals surface area contributed by atoms with Crippen LogP contribution in [-0.2, 0) is 0 Å². The Hall–Kier alpha value is -1.95. The topological polar surface area (TPSA) is 72.8 Å². The zero-order valence-corrected chi connectivity index (χ0v) is 13.4. The first-order chi connectivity index (χ1) is 10.3. The summed E-state index contributed by atoms with van der Waals surface area (Å²) in [4.78, 5) is 14.4. The fourth-order valence-electron chi connectivity index (χ4n) is 2.00. The highest BCUT2D eigenvalue weighted by Gasteiger charge is 2.13. The van der Waals surface area contributed by atoms with Crippen LogP contribution in [-0.4, -0.2) is 36.4 Å². The molecule has 0 aromatic heterocycles. The van der Waals surface area contributed by atoms with Crippen LogP contribution in [0.25, 0.3) is 0 Å². The number of aliphatic hydroxyl groups excluding tert-OH is 1. The summed E-state index contributed by atoms with van der Waals surface area (Å²) in [7, 11) is 3.90. The molecular weight excluding hydrogens is 280 g/mol. The largest absolute Gasteiger partial charge is 0.378 e. The number of carbonyl (C=O) groups excluding carboxylic acids is 1. The number of allylic oxidation sites excluding steroid dienone is 3. The van der Waals surface area contributed by atoms with Gasteiger partial charge in [0.1, 0.15) is 6.23 Å².